The van der Waals surface area contributed by atoms with E-state index in [0.717, 1.165) is 23.9 Å². The zero-order chi connectivity index (χ0) is 22.0. The average Bonchev–Trinajstić information content (AvgIpc) is 3.36. The first-order chi connectivity index (χ1) is 14.9. The molecule has 1 amide bonds. The number of rotatable bonds is 6. The number of thioether (sulfide) groups is 1. The lowest BCUT2D eigenvalue weighted by atomic mass is 10.2. The maximum absolute atomic E-state index is 14.0. The van der Waals surface area contributed by atoms with Gasteiger partial charge < -0.3 is 9.88 Å². The Bertz CT molecular complexity index is 1260. The Hall–Kier alpha value is -3.18. The number of thiazole rings is 1. The predicted octanol–water partition coefficient (Wildman–Crippen LogP) is 4.75. The molecule has 31 heavy (non-hydrogen) atoms. The van der Waals surface area contributed by atoms with Crippen LogP contribution in [-0.2, 0) is 11.8 Å². The molecule has 4 aromatic rings. The third-order valence-electron chi connectivity index (χ3n) is 4.25. The molecule has 0 saturated heterocycles. The second kappa shape index (κ2) is 8.90. The summed E-state index contributed by atoms with van der Waals surface area (Å²) in [6.07, 6.45) is 0. The topological polar surface area (TPSA) is 72.7 Å². The highest BCUT2D eigenvalue weighted by molar-refractivity contribution is 7.99. The lowest BCUT2D eigenvalue weighted by molar-refractivity contribution is -0.113. The molecule has 11 heteroatoms. The van der Waals surface area contributed by atoms with Crippen LogP contribution in [0.4, 0.5) is 18.3 Å². The van der Waals surface area contributed by atoms with Crippen LogP contribution >= 0.6 is 23.1 Å². The number of hydrogen-bond acceptors (Lipinski definition) is 6. The molecule has 0 spiro atoms. The fourth-order valence-corrected chi connectivity index (χ4v) is 4.17. The van der Waals surface area contributed by atoms with Gasteiger partial charge in [-0.25, -0.2) is 18.2 Å². The number of halogens is 3. The number of anilines is 1. The lowest BCUT2D eigenvalue weighted by Gasteiger charge is -2.05. The molecule has 0 unspecified atom stereocenters. The van der Waals surface area contributed by atoms with Gasteiger partial charge in [0.25, 0.3) is 0 Å². The number of carbonyl (C=O) groups excluding carboxylic acids is 1. The minimum atomic E-state index is -0.967. The quantitative estimate of drug-likeness (QED) is 0.420. The SMILES string of the molecule is Cn1c(SCC(=O)Nc2nc(-c3ccc(F)c(F)c3)cs2)nnc1-c1ccccc1F. The van der Waals surface area contributed by atoms with E-state index in [2.05, 4.69) is 20.5 Å². The second-order valence-corrected chi connectivity index (χ2v) is 8.15. The zero-order valence-corrected chi connectivity index (χ0v) is 17.6. The lowest BCUT2D eigenvalue weighted by Crippen LogP contribution is -2.14. The van der Waals surface area contributed by atoms with Crippen molar-refractivity contribution in [1.82, 2.24) is 19.7 Å². The van der Waals surface area contributed by atoms with Gasteiger partial charge in [0.05, 0.1) is 17.0 Å². The Balaban J connectivity index is 1.39. The van der Waals surface area contributed by atoms with Crippen LogP contribution in [-0.4, -0.2) is 31.4 Å². The van der Waals surface area contributed by atoms with Crippen LogP contribution in [0.15, 0.2) is 53.0 Å². The average molecular weight is 461 g/mol. The van der Waals surface area contributed by atoms with Crippen molar-refractivity contribution in [2.75, 3.05) is 11.1 Å². The van der Waals surface area contributed by atoms with Gasteiger partial charge in [-0.05, 0) is 30.3 Å². The summed E-state index contributed by atoms with van der Waals surface area (Å²) in [6, 6.07) is 9.72. The molecule has 2 heterocycles. The van der Waals surface area contributed by atoms with Crippen LogP contribution in [0.5, 0.6) is 0 Å². The number of nitrogens with one attached hydrogen (secondary N) is 1. The van der Waals surface area contributed by atoms with Crippen molar-refractivity contribution in [2.45, 2.75) is 5.16 Å². The Labute approximate surface area is 183 Å². The van der Waals surface area contributed by atoms with Crippen molar-refractivity contribution < 1.29 is 18.0 Å². The number of carbonyl (C=O) groups is 1. The third-order valence-corrected chi connectivity index (χ3v) is 6.03. The first-order valence-corrected chi connectivity index (χ1v) is 10.8. The van der Waals surface area contributed by atoms with Gasteiger partial charge in [0.15, 0.2) is 27.7 Å². The Morgan fingerprint density at radius 2 is 1.90 bits per heavy atom. The minimum absolute atomic E-state index is 0.0311. The molecule has 2 aromatic heterocycles. The molecular weight excluding hydrogens is 447 g/mol. The standard InChI is InChI=1S/C20H14F3N5OS2/c1-28-18(12-4-2-3-5-13(12)21)26-27-20(28)31-10-17(29)25-19-24-16(9-30-19)11-6-7-14(22)15(23)8-11/h2-9H,10H2,1H3,(H,24,25,29). The van der Waals surface area contributed by atoms with Crippen LogP contribution in [0, 0.1) is 17.5 Å². The highest BCUT2D eigenvalue weighted by atomic mass is 32.2. The van der Waals surface area contributed by atoms with Crippen molar-refractivity contribution in [3.63, 3.8) is 0 Å². The monoisotopic (exact) mass is 461 g/mol. The van der Waals surface area contributed by atoms with Crippen molar-refractivity contribution in [2.24, 2.45) is 7.05 Å². The van der Waals surface area contributed by atoms with Crippen LogP contribution in [0.1, 0.15) is 0 Å². The molecule has 0 radical (unpaired) electrons. The molecule has 0 aliphatic heterocycles. The van der Waals surface area contributed by atoms with Crippen molar-refractivity contribution in [1.29, 1.82) is 0 Å². The third kappa shape index (κ3) is 4.62. The first-order valence-electron chi connectivity index (χ1n) is 8.90. The number of hydrogen-bond donors (Lipinski definition) is 1. The van der Waals surface area contributed by atoms with Gasteiger partial charge in [-0.3, -0.25) is 4.79 Å². The molecule has 2 aromatic carbocycles. The smallest absolute Gasteiger partial charge is 0.236 e. The van der Waals surface area contributed by atoms with E-state index in [9.17, 15) is 18.0 Å². The van der Waals surface area contributed by atoms with E-state index in [0.29, 0.717) is 32.9 Å². The van der Waals surface area contributed by atoms with Crippen LogP contribution in [0.3, 0.4) is 0 Å². The van der Waals surface area contributed by atoms with Crippen molar-refractivity contribution >= 4 is 34.1 Å². The van der Waals surface area contributed by atoms with E-state index < -0.39 is 17.5 Å². The molecule has 0 aliphatic rings. The van der Waals surface area contributed by atoms with Crippen LogP contribution in [0.25, 0.3) is 22.6 Å². The van der Waals surface area contributed by atoms with Gasteiger partial charge >= 0.3 is 0 Å². The molecule has 0 saturated carbocycles. The summed E-state index contributed by atoms with van der Waals surface area (Å²) in [4.78, 5) is 16.5. The molecular formula is C20H14F3N5OS2. The minimum Gasteiger partial charge on any atom is -0.305 e. The summed E-state index contributed by atoms with van der Waals surface area (Å²) in [5.74, 6) is -2.25. The van der Waals surface area contributed by atoms with Crippen molar-refractivity contribution in [3.8, 4) is 22.6 Å². The van der Waals surface area contributed by atoms with Gasteiger partial charge in [0, 0.05) is 18.0 Å². The molecule has 158 valence electrons. The van der Waals surface area contributed by atoms with Gasteiger partial charge in [-0.2, -0.15) is 0 Å². The summed E-state index contributed by atoms with van der Waals surface area (Å²) in [5.41, 5.74) is 1.15. The molecule has 0 fully saturated rings. The van der Waals surface area contributed by atoms with Gasteiger partial charge in [-0.1, -0.05) is 23.9 Å². The predicted molar refractivity (Wildman–Crippen MR) is 113 cm³/mol. The molecule has 6 nitrogen and oxygen atoms in total. The van der Waals surface area contributed by atoms with E-state index in [1.165, 1.54) is 23.5 Å². The number of benzene rings is 2. The molecule has 0 bridgehead atoms. The highest BCUT2D eigenvalue weighted by Crippen LogP contribution is 2.27. The maximum atomic E-state index is 14.0. The van der Waals surface area contributed by atoms with E-state index in [4.69, 9.17) is 0 Å². The molecule has 1 N–H and O–H groups in total. The summed E-state index contributed by atoms with van der Waals surface area (Å²) in [6.45, 7) is 0. The second-order valence-electron chi connectivity index (χ2n) is 6.35. The van der Waals surface area contributed by atoms with Gasteiger partial charge in [0.1, 0.15) is 5.82 Å². The Kier molecular flexibility index (Phi) is 6.05. The van der Waals surface area contributed by atoms with Crippen LogP contribution in [0.2, 0.25) is 0 Å². The number of aromatic nitrogens is 4. The van der Waals surface area contributed by atoms with Crippen molar-refractivity contribution in [3.05, 3.63) is 65.3 Å². The zero-order valence-electron chi connectivity index (χ0n) is 16.0. The van der Waals surface area contributed by atoms with E-state index >= 15 is 0 Å². The largest absolute Gasteiger partial charge is 0.305 e. The van der Waals surface area contributed by atoms with Crippen LogP contribution < -0.4 is 5.32 Å². The maximum Gasteiger partial charge on any atom is 0.236 e. The number of nitrogens with zero attached hydrogens (tertiary/aromatic N) is 4. The van der Waals surface area contributed by atoms with E-state index in [1.807, 2.05) is 0 Å². The number of amides is 1. The highest BCUT2D eigenvalue weighted by Gasteiger charge is 2.16. The van der Waals surface area contributed by atoms with E-state index in [1.54, 1.807) is 35.2 Å². The molecule has 0 aliphatic carbocycles. The fraction of sp³-hybridized carbons (Fsp3) is 0.100. The summed E-state index contributed by atoms with van der Waals surface area (Å²) in [7, 11) is 1.69. The fourth-order valence-electron chi connectivity index (χ4n) is 2.72. The van der Waals surface area contributed by atoms with Gasteiger partial charge in [0.2, 0.25) is 5.91 Å². The van der Waals surface area contributed by atoms with Gasteiger partial charge in [-0.15, -0.1) is 21.5 Å². The molecule has 4 rings (SSSR count). The summed E-state index contributed by atoms with van der Waals surface area (Å²) in [5, 5.41) is 13.1. The summed E-state index contributed by atoms with van der Waals surface area (Å²) >= 11 is 2.31. The Morgan fingerprint density at radius 1 is 1.10 bits per heavy atom. The van der Waals surface area contributed by atoms with E-state index in [-0.39, 0.29) is 11.7 Å². The summed E-state index contributed by atoms with van der Waals surface area (Å²) < 4.78 is 42.1. The normalized spacial score (nSPS) is 11.0. The Morgan fingerprint density at radius 3 is 2.68 bits per heavy atom. The molecule has 0 atom stereocenters. The first kappa shape index (κ1) is 21.1.